The number of methoxy groups -OCH3 is 1. The molecule has 1 atom stereocenters. The Balaban J connectivity index is 2.18. The van der Waals surface area contributed by atoms with Crippen LogP contribution in [0.2, 0.25) is 0 Å². The van der Waals surface area contributed by atoms with Gasteiger partial charge in [-0.15, -0.1) is 0 Å². The first kappa shape index (κ1) is 15.5. The first-order valence-electron chi connectivity index (χ1n) is 6.88. The van der Waals surface area contributed by atoms with Crippen molar-refractivity contribution in [2.45, 2.75) is 30.9 Å². The van der Waals surface area contributed by atoms with E-state index in [2.05, 4.69) is 5.32 Å². The minimum atomic E-state index is -3.40. The van der Waals surface area contributed by atoms with Crippen LogP contribution < -0.4 is 5.32 Å². The van der Waals surface area contributed by atoms with Gasteiger partial charge in [0.1, 0.15) is 4.90 Å². The van der Waals surface area contributed by atoms with E-state index < -0.39 is 10.0 Å². The van der Waals surface area contributed by atoms with E-state index >= 15 is 0 Å². The summed E-state index contributed by atoms with van der Waals surface area (Å²) in [5.41, 5.74) is 0.966. The Morgan fingerprint density at radius 1 is 1.50 bits per heavy atom. The van der Waals surface area contributed by atoms with Crippen LogP contribution in [0.4, 0.5) is 0 Å². The van der Waals surface area contributed by atoms with Crippen molar-refractivity contribution in [3.05, 3.63) is 18.0 Å². The molecule has 20 heavy (non-hydrogen) atoms. The molecule has 1 unspecified atom stereocenters. The van der Waals surface area contributed by atoms with E-state index in [0.717, 1.165) is 18.7 Å². The molecule has 2 rings (SSSR count). The highest BCUT2D eigenvalue weighted by Gasteiger charge is 2.33. The average molecular weight is 301 g/mol. The smallest absolute Gasteiger partial charge is 0.244 e. The van der Waals surface area contributed by atoms with E-state index in [1.807, 2.05) is 18.5 Å². The lowest BCUT2D eigenvalue weighted by molar-refractivity contribution is 0.115. The quantitative estimate of drug-likeness (QED) is 0.833. The fourth-order valence-electron chi connectivity index (χ4n) is 2.40. The van der Waals surface area contributed by atoms with Gasteiger partial charge >= 0.3 is 0 Å². The third kappa shape index (κ3) is 3.06. The Morgan fingerprint density at radius 2 is 2.25 bits per heavy atom. The number of rotatable bonds is 6. The van der Waals surface area contributed by atoms with Crippen molar-refractivity contribution in [3.63, 3.8) is 0 Å². The Labute approximate surface area is 120 Å². The van der Waals surface area contributed by atoms with E-state index in [1.165, 1.54) is 4.31 Å². The standard InChI is InChI=1S/C13H23N3O3S/c1-4-14-8-11-7-13(10-15(11)2)20(17,18)16-6-5-12(9-16)19-3/h7,10,12,14H,4-6,8-9H2,1-3H3. The summed E-state index contributed by atoms with van der Waals surface area (Å²) in [6.07, 6.45) is 2.45. The number of aryl methyl sites for hydroxylation is 1. The summed E-state index contributed by atoms with van der Waals surface area (Å²) in [4.78, 5) is 0.365. The van der Waals surface area contributed by atoms with Gasteiger partial charge in [-0.3, -0.25) is 0 Å². The molecule has 7 heteroatoms. The fourth-order valence-corrected chi connectivity index (χ4v) is 3.99. The molecular weight excluding hydrogens is 278 g/mol. The number of sulfonamides is 1. The van der Waals surface area contributed by atoms with E-state index in [-0.39, 0.29) is 6.10 Å². The molecule has 0 spiro atoms. The van der Waals surface area contributed by atoms with Crippen LogP contribution in [0.1, 0.15) is 19.0 Å². The molecule has 114 valence electrons. The summed E-state index contributed by atoms with van der Waals surface area (Å²) in [7, 11) is 0.0878. The Morgan fingerprint density at radius 3 is 2.85 bits per heavy atom. The number of nitrogens with one attached hydrogen (secondary N) is 1. The van der Waals surface area contributed by atoms with Crippen LogP contribution in [-0.2, 0) is 28.4 Å². The van der Waals surface area contributed by atoms with Gasteiger partial charge in [-0.05, 0) is 19.0 Å². The third-order valence-electron chi connectivity index (χ3n) is 3.72. The zero-order valence-corrected chi connectivity index (χ0v) is 13.1. The van der Waals surface area contributed by atoms with Crippen LogP contribution in [0.3, 0.4) is 0 Å². The summed E-state index contributed by atoms with van der Waals surface area (Å²) in [6.45, 7) is 4.52. The maximum absolute atomic E-state index is 12.6. The van der Waals surface area contributed by atoms with Crippen molar-refractivity contribution >= 4 is 10.0 Å². The van der Waals surface area contributed by atoms with Gasteiger partial charge in [-0.1, -0.05) is 6.92 Å². The molecular formula is C13H23N3O3S. The summed E-state index contributed by atoms with van der Waals surface area (Å²) in [5.74, 6) is 0. The lowest BCUT2D eigenvalue weighted by Gasteiger charge is -2.14. The van der Waals surface area contributed by atoms with E-state index in [0.29, 0.717) is 24.5 Å². The summed E-state index contributed by atoms with van der Waals surface area (Å²) in [6, 6.07) is 1.75. The van der Waals surface area contributed by atoms with Gasteiger partial charge in [0.05, 0.1) is 6.10 Å². The molecule has 0 bridgehead atoms. The van der Waals surface area contributed by atoms with Crippen molar-refractivity contribution in [1.29, 1.82) is 0 Å². The van der Waals surface area contributed by atoms with Gasteiger partial charge < -0.3 is 14.6 Å². The largest absolute Gasteiger partial charge is 0.380 e. The Kier molecular flexibility index (Phi) is 4.85. The molecule has 1 aromatic rings. The van der Waals surface area contributed by atoms with Crippen LogP contribution in [-0.4, -0.2) is 50.1 Å². The van der Waals surface area contributed by atoms with Gasteiger partial charge in [0.15, 0.2) is 0 Å². The first-order chi connectivity index (χ1) is 9.48. The van der Waals surface area contributed by atoms with Crippen molar-refractivity contribution in [3.8, 4) is 0 Å². The second kappa shape index (κ2) is 6.26. The predicted octanol–water partition coefficient (Wildman–Crippen LogP) is 0.544. The van der Waals surface area contributed by atoms with Crippen molar-refractivity contribution in [2.24, 2.45) is 7.05 Å². The molecule has 1 fully saturated rings. The molecule has 0 saturated carbocycles. The summed E-state index contributed by atoms with van der Waals surface area (Å²) >= 11 is 0. The SMILES string of the molecule is CCNCc1cc(S(=O)(=O)N2CCC(OC)C2)cn1C. The predicted molar refractivity (Wildman–Crippen MR) is 77.0 cm³/mol. The topological polar surface area (TPSA) is 63.6 Å². The van der Waals surface area contributed by atoms with E-state index in [1.54, 1.807) is 19.4 Å². The molecule has 1 saturated heterocycles. The molecule has 1 aliphatic heterocycles. The maximum Gasteiger partial charge on any atom is 0.244 e. The summed E-state index contributed by atoms with van der Waals surface area (Å²) in [5, 5.41) is 3.21. The molecule has 1 N–H and O–H groups in total. The molecule has 2 heterocycles. The van der Waals surface area contributed by atoms with Gasteiger partial charge in [-0.25, -0.2) is 8.42 Å². The van der Waals surface area contributed by atoms with Gasteiger partial charge in [-0.2, -0.15) is 4.31 Å². The number of ether oxygens (including phenoxy) is 1. The highest BCUT2D eigenvalue weighted by molar-refractivity contribution is 7.89. The van der Waals surface area contributed by atoms with Gasteiger partial charge in [0.2, 0.25) is 10.0 Å². The lowest BCUT2D eigenvalue weighted by atomic mass is 10.3. The molecule has 1 aromatic heterocycles. The van der Waals surface area contributed by atoms with Crippen LogP contribution in [0.5, 0.6) is 0 Å². The second-order valence-corrected chi connectivity index (χ2v) is 7.01. The number of aromatic nitrogens is 1. The molecule has 0 amide bonds. The van der Waals surface area contributed by atoms with Crippen molar-refractivity contribution in [2.75, 3.05) is 26.7 Å². The first-order valence-corrected chi connectivity index (χ1v) is 8.32. The lowest BCUT2D eigenvalue weighted by Crippen LogP contribution is -2.29. The molecule has 0 radical (unpaired) electrons. The monoisotopic (exact) mass is 301 g/mol. The minimum absolute atomic E-state index is 0.00900. The molecule has 0 aromatic carbocycles. The second-order valence-electron chi connectivity index (χ2n) is 5.07. The van der Waals surface area contributed by atoms with Gasteiger partial charge in [0, 0.05) is 45.7 Å². The zero-order chi connectivity index (χ0) is 14.8. The number of hydrogen-bond acceptors (Lipinski definition) is 4. The van der Waals surface area contributed by atoms with Crippen molar-refractivity contribution in [1.82, 2.24) is 14.2 Å². The fraction of sp³-hybridized carbons (Fsp3) is 0.692. The Hall–Kier alpha value is -0.890. The average Bonchev–Trinajstić information content (AvgIpc) is 3.03. The number of hydrogen-bond donors (Lipinski definition) is 1. The highest BCUT2D eigenvalue weighted by atomic mass is 32.2. The molecule has 0 aliphatic carbocycles. The maximum atomic E-state index is 12.6. The van der Waals surface area contributed by atoms with E-state index in [4.69, 9.17) is 4.74 Å². The number of nitrogens with zero attached hydrogens (tertiary/aromatic N) is 2. The summed E-state index contributed by atoms with van der Waals surface area (Å²) < 4.78 is 33.7. The third-order valence-corrected chi connectivity index (χ3v) is 5.55. The van der Waals surface area contributed by atoms with Crippen LogP contribution in [0, 0.1) is 0 Å². The normalized spacial score (nSPS) is 20.6. The van der Waals surface area contributed by atoms with Crippen molar-refractivity contribution < 1.29 is 13.2 Å². The van der Waals surface area contributed by atoms with Crippen LogP contribution in [0.25, 0.3) is 0 Å². The minimum Gasteiger partial charge on any atom is -0.380 e. The van der Waals surface area contributed by atoms with Gasteiger partial charge in [0.25, 0.3) is 0 Å². The Bertz CT molecular complexity index is 553. The highest BCUT2D eigenvalue weighted by Crippen LogP contribution is 2.23. The molecule has 1 aliphatic rings. The zero-order valence-electron chi connectivity index (χ0n) is 12.3. The van der Waals surface area contributed by atoms with Crippen LogP contribution in [0.15, 0.2) is 17.2 Å². The van der Waals surface area contributed by atoms with Crippen LogP contribution >= 0.6 is 0 Å². The van der Waals surface area contributed by atoms with E-state index in [9.17, 15) is 8.42 Å². The molecule has 6 nitrogen and oxygen atoms in total.